The minimum absolute atomic E-state index is 0.0984. The van der Waals surface area contributed by atoms with Crippen LogP contribution in [0.5, 0.6) is 11.5 Å². The molecule has 4 heteroatoms. The Kier molecular flexibility index (Phi) is 3.39. The summed E-state index contributed by atoms with van der Waals surface area (Å²) in [6.45, 7) is 1.68. The van der Waals surface area contributed by atoms with Gasteiger partial charge in [-0.3, -0.25) is 0 Å². The predicted octanol–water partition coefficient (Wildman–Crippen LogP) is 2.23. The zero-order valence-corrected chi connectivity index (χ0v) is 10.4. The van der Waals surface area contributed by atoms with Gasteiger partial charge in [0.05, 0.1) is 12.6 Å². The van der Waals surface area contributed by atoms with Crippen molar-refractivity contribution in [2.24, 2.45) is 11.7 Å². The number of hydrogen-bond acceptors (Lipinski definition) is 4. The molecular formula is C14H19NO3. The van der Waals surface area contributed by atoms with E-state index in [9.17, 15) is 0 Å². The standard InChI is InChI=1S/C14H19NO3/c15-12(8-16-6-5-10-1-2-10)11-3-4-13-14(7-11)18-9-17-13/h3-4,7,10,12H,1-2,5-6,8-9,15H2. The molecule has 1 aliphatic heterocycles. The Hall–Kier alpha value is -1.26. The average molecular weight is 249 g/mol. The fourth-order valence-electron chi connectivity index (χ4n) is 2.11. The molecule has 0 saturated heterocycles. The van der Waals surface area contributed by atoms with Crippen LogP contribution in [-0.2, 0) is 4.74 Å². The third kappa shape index (κ3) is 2.76. The van der Waals surface area contributed by atoms with Crippen LogP contribution < -0.4 is 15.2 Å². The second-order valence-electron chi connectivity index (χ2n) is 5.03. The van der Waals surface area contributed by atoms with Crippen molar-refractivity contribution in [2.75, 3.05) is 20.0 Å². The van der Waals surface area contributed by atoms with E-state index in [0.717, 1.165) is 29.6 Å². The van der Waals surface area contributed by atoms with Crippen LogP contribution >= 0.6 is 0 Å². The molecular weight excluding hydrogens is 230 g/mol. The van der Waals surface area contributed by atoms with Crippen LogP contribution in [0.1, 0.15) is 30.9 Å². The van der Waals surface area contributed by atoms with Gasteiger partial charge in [0.25, 0.3) is 0 Å². The smallest absolute Gasteiger partial charge is 0.231 e. The van der Waals surface area contributed by atoms with E-state index in [1.165, 1.54) is 19.3 Å². The Morgan fingerprint density at radius 1 is 1.28 bits per heavy atom. The van der Waals surface area contributed by atoms with Gasteiger partial charge >= 0.3 is 0 Å². The summed E-state index contributed by atoms with van der Waals surface area (Å²) in [7, 11) is 0. The minimum atomic E-state index is -0.0984. The Labute approximate surface area is 107 Å². The molecule has 18 heavy (non-hydrogen) atoms. The highest BCUT2D eigenvalue weighted by Gasteiger charge is 2.21. The molecule has 2 aliphatic rings. The molecule has 0 amide bonds. The first-order valence-electron chi connectivity index (χ1n) is 6.56. The lowest BCUT2D eigenvalue weighted by Crippen LogP contribution is -2.17. The van der Waals surface area contributed by atoms with Crippen LogP contribution in [0.2, 0.25) is 0 Å². The number of rotatable bonds is 6. The maximum Gasteiger partial charge on any atom is 0.231 e. The fraction of sp³-hybridized carbons (Fsp3) is 0.571. The van der Waals surface area contributed by atoms with Crippen LogP contribution in [0, 0.1) is 5.92 Å². The van der Waals surface area contributed by atoms with Gasteiger partial charge in [-0.25, -0.2) is 0 Å². The molecule has 1 unspecified atom stereocenters. The van der Waals surface area contributed by atoms with Crippen LogP contribution in [-0.4, -0.2) is 20.0 Å². The van der Waals surface area contributed by atoms with Crippen LogP contribution in [0.25, 0.3) is 0 Å². The second kappa shape index (κ2) is 5.16. The van der Waals surface area contributed by atoms with Gasteiger partial charge in [-0.2, -0.15) is 0 Å². The van der Waals surface area contributed by atoms with E-state index < -0.39 is 0 Å². The SMILES string of the molecule is NC(COCCC1CC1)c1ccc2c(c1)OCO2. The summed E-state index contributed by atoms with van der Waals surface area (Å²) in [6.07, 6.45) is 3.92. The van der Waals surface area contributed by atoms with Gasteiger partial charge in [0.1, 0.15) is 0 Å². The molecule has 1 fully saturated rings. The summed E-state index contributed by atoms with van der Waals surface area (Å²) < 4.78 is 16.2. The Bertz CT molecular complexity index is 418. The molecule has 2 N–H and O–H groups in total. The second-order valence-corrected chi connectivity index (χ2v) is 5.03. The maximum atomic E-state index is 6.10. The third-order valence-corrected chi connectivity index (χ3v) is 3.49. The molecule has 1 atom stereocenters. The quantitative estimate of drug-likeness (QED) is 0.785. The molecule has 3 rings (SSSR count). The average Bonchev–Trinajstić information content (AvgIpc) is 3.09. The largest absolute Gasteiger partial charge is 0.454 e. The van der Waals surface area contributed by atoms with Gasteiger partial charge in [0.15, 0.2) is 11.5 Å². The summed E-state index contributed by atoms with van der Waals surface area (Å²) >= 11 is 0. The van der Waals surface area contributed by atoms with Gasteiger partial charge in [-0.05, 0) is 30.0 Å². The van der Waals surface area contributed by atoms with E-state index in [-0.39, 0.29) is 6.04 Å². The van der Waals surface area contributed by atoms with Gasteiger partial charge in [-0.1, -0.05) is 18.9 Å². The zero-order chi connectivity index (χ0) is 12.4. The van der Waals surface area contributed by atoms with E-state index in [4.69, 9.17) is 19.9 Å². The van der Waals surface area contributed by atoms with Crippen molar-refractivity contribution in [1.29, 1.82) is 0 Å². The highest BCUT2D eigenvalue weighted by Crippen LogP contribution is 2.34. The summed E-state index contributed by atoms with van der Waals surface area (Å²) in [5, 5.41) is 0. The molecule has 4 nitrogen and oxygen atoms in total. The van der Waals surface area contributed by atoms with E-state index in [0.29, 0.717) is 13.4 Å². The van der Waals surface area contributed by atoms with Crippen LogP contribution in [0.4, 0.5) is 0 Å². The number of ether oxygens (including phenoxy) is 3. The number of fused-ring (bicyclic) bond motifs is 1. The van der Waals surface area contributed by atoms with Crippen molar-refractivity contribution < 1.29 is 14.2 Å². The minimum Gasteiger partial charge on any atom is -0.454 e. The third-order valence-electron chi connectivity index (χ3n) is 3.49. The highest BCUT2D eigenvalue weighted by atomic mass is 16.7. The van der Waals surface area contributed by atoms with Crippen molar-refractivity contribution in [3.8, 4) is 11.5 Å². The Balaban J connectivity index is 1.49. The first kappa shape index (κ1) is 11.8. The summed E-state index contributed by atoms with van der Waals surface area (Å²) in [6, 6.07) is 5.72. The lowest BCUT2D eigenvalue weighted by molar-refractivity contribution is 0.115. The molecule has 1 saturated carbocycles. The predicted molar refractivity (Wildman–Crippen MR) is 67.7 cm³/mol. The van der Waals surface area contributed by atoms with Crippen molar-refractivity contribution in [2.45, 2.75) is 25.3 Å². The first-order valence-corrected chi connectivity index (χ1v) is 6.56. The monoisotopic (exact) mass is 249 g/mol. The van der Waals surface area contributed by atoms with E-state index in [1.807, 2.05) is 18.2 Å². The number of hydrogen-bond donors (Lipinski definition) is 1. The molecule has 1 aliphatic carbocycles. The van der Waals surface area contributed by atoms with Crippen LogP contribution in [0.15, 0.2) is 18.2 Å². The summed E-state index contributed by atoms with van der Waals surface area (Å²) in [5.74, 6) is 2.48. The van der Waals surface area contributed by atoms with Gasteiger partial charge in [0.2, 0.25) is 6.79 Å². The molecule has 98 valence electrons. The van der Waals surface area contributed by atoms with Crippen molar-refractivity contribution in [3.63, 3.8) is 0 Å². The van der Waals surface area contributed by atoms with Crippen LogP contribution in [0.3, 0.4) is 0 Å². The molecule has 0 bridgehead atoms. The molecule has 1 aromatic rings. The lowest BCUT2D eigenvalue weighted by atomic mass is 10.1. The van der Waals surface area contributed by atoms with Crippen molar-refractivity contribution >= 4 is 0 Å². The Morgan fingerprint density at radius 2 is 2.11 bits per heavy atom. The summed E-state index contributed by atoms with van der Waals surface area (Å²) in [5.41, 5.74) is 7.13. The molecule has 1 aromatic carbocycles. The van der Waals surface area contributed by atoms with E-state index in [1.54, 1.807) is 0 Å². The molecule has 1 heterocycles. The number of nitrogens with two attached hydrogens (primary N) is 1. The molecule has 0 radical (unpaired) electrons. The van der Waals surface area contributed by atoms with Crippen molar-refractivity contribution in [3.05, 3.63) is 23.8 Å². The van der Waals surface area contributed by atoms with Gasteiger partial charge in [0, 0.05) is 6.61 Å². The normalized spacial score (nSPS) is 18.9. The highest BCUT2D eigenvalue weighted by molar-refractivity contribution is 5.45. The van der Waals surface area contributed by atoms with E-state index in [2.05, 4.69) is 0 Å². The van der Waals surface area contributed by atoms with Gasteiger partial charge in [-0.15, -0.1) is 0 Å². The number of benzene rings is 1. The van der Waals surface area contributed by atoms with E-state index >= 15 is 0 Å². The lowest BCUT2D eigenvalue weighted by Gasteiger charge is -2.13. The zero-order valence-electron chi connectivity index (χ0n) is 10.4. The Morgan fingerprint density at radius 3 is 2.94 bits per heavy atom. The van der Waals surface area contributed by atoms with Crippen molar-refractivity contribution in [1.82, 2.24) is 0 Å². The molecule has 0 spiro atoms. The maximum absolute atomic E-state index is 6.10. The summed E-state index contributed by atoms with van der Waals surface area (Å²) in [4.78, 5) is 0. The first-order chi connectivity index (χ1) is 8.83. The topological polar surface area (TPSA) is 53.7 Å². The van der Waals surface area contributed by atoms with Gasteiger partial charge < -0.3 is 19.9 Å². The molecule has 0 aromatic heterocycles. The fourth-order valence-corrected chi connectivity index (χ4v) is 2.11.